The van der Waals surface area contributed by atoms with Crippen LogP contribution in [0.25, 0.3) is 0 Å². The van der Waals surface area contributed by atoms with Crippen LogP contribution in [-0.4, -0.2) is 16.7 Å². The zero-order valence-electron chi connectivity index (χ0n) is 12.4. The quantitative estimate of drug-likeness (QED) is 0.891. The minimum Gasteiger partial charge on any atom is -0.396 e. The molecule has 0 amide bonds. The van der Waals surface area contributed by atoms with Gasteiger partial charge in [0.05, 0.1) is 11.9 Å². The highest BCUT2D eigenvalue weighted by Crippen LogP contribution is 2.25. The Labute approximate surface area is 120 Å². The number of hydrogen-bond acceptors (Lipinski definition) is 3. The summed E-state index contributed by atoms with van der Waals surface area (Å²) in [7, 11) is 0. The molecule has 0 aliphatic carbocycles. The first-order valence-electron chi connectivity index (χ1n) is 6.91. The van der Waals surface area contributed by atoms with Crippen molar-refractivity contribution in [1.29, 1.82) is 0 Å². The zero-order valence-corrected chi connectivity index (χ0v) is 12.4. The first-order chi connectivity index (χ1) is 9.49. The van der Waals surface area contributed by atoms with Crippen molar-refractivity contribution in [1.82, 2.24) is 4.98 Å². The maximum absolute atomic E-state index is 8.91. The molecule has 0 radical (unpaired) electrons. The van der Waals surface area contributed by atoms with Crippen LogP contribution in [0, 0.1) is 0 Å². The molecule has 3 heteroatoms. The standard InChI is InChI=1S/C17H22N2O/c1-17(2,3)14-10-16(12-18-11-14)19-15-6-4-13(5-7-15)8-9-20/h4-7,10-12,19-20H,8-9H2,1-3H3. The molecule has 2 aromatic rings. The van der Waals surface area contributed by atoms with Crippen LogP contribution in [0.5, 0.6) is 0 Å². The van der Waals surface area contributed by atoms with Crippen molar-refractivity contribution in [2.24, 2.45) is 0 Å². The van der Waals surface area contributed by atoms with E-state index in [-0.39, 0.29) is 12.0 Å². The summed E-state index contributed by atoms with van der Waals surface area (Å²) in [6.45, 7) is 6.72. The minimum absolute atomic E-state index is 0.0929. The van der Waals surface area contributed by atoms with E-state index in [0.29, 0.717) is 6.42 Å². The predicted octanol–water partition coefficient (Wildman–Crippen LogP) is 3.66. The molecule has 2 N–H and O–H groups in total. The highest BCUT2D eigenvalue weighted by molar-refractivity contribution is 5.59. The molecule has 0 saturated heterocycles. The Morgan fingerprint density at radius 1 is 1.05 bits per heavy atom. The molecule has 0 atom stereocenters. The number of rotatable bonds is 4. The number of nitrogens with zero attached hydrogens (tertiary/aromatic N) is 1. The van der Waals surface area contributed by atoms with Crippen LogP contribution < -0.4 is 5.32 Å². The second-order valence-corrected chi connectivity index (χ2v) is 6.01. The van der Waals surface area contributed by atoms with E-state index in [1.807, 2.05) is 36.7 Å². The molecule has 106 valence electrons. The van der Waals surface area contributed by atoms with E-state index in [2.05, 4.69) is 37.1 Å². The van der Waals surface area contributed by atoms with Crippen LogP contribution in [0.2, 0.25) is 0 Å². The molecule has 0 bridgehead atoms. The second kappa shape index (κ2) is 6.06. The van der Waals surface area contributed by atoms with E-state index in [9.17, 15) is 0 Å². The molecular formula is C17H22N2O. The molecule has 0 aliphatic rings. The number of nitrogens with one attached hydrogen (secondary N) is 1. The Kier molecular flexibility index (Phi) is 4.40. The Morgan fingerprint density at radius 2 is 1.75 bits per heavy atom. The van der Waals surface area contributed by atoms with Gasteiger partial charge in [0, 0.05) is 18.5 Å². The summed E-state index contributed by atoms with van der Waals surface area (Å²) in [4.78, 5) is 4.30. The van der Waals surface area contributed by atoms with Gasteiger partial charge in [0.15, 0.2) is 0 Å². The van der Waals surface area contributed by atoms with Crippen molar-refractivity contribution in [2.45, 2.75) is 32.6 Å². The van der Waals surface area contributed by atoms with Gasteiger partial charge in [-0.3, -0.25) is 4.98 Å². The molecule has 0 fully saturated rings. The summed E-state index contributed by atoms with van der Waals surface area (Å²) >= 11 is 0. The predicted molar refractivity (Wildman–Crippen MR) is 83.5 cm³/mol. The number of aromatic nitrogens is 1. The van der Waals surface area contributed by atoms with E-state index in [1.165, 1.54) is 5.56 Å². The van der Waals surface area contributed by atoms with Gasteiger partial charge in [0.1, 0.15) is 0 Å². The molecule has 0 saturated carbocycles. The van der Waals surface area contributed by atoms with E-state index >= 15 is 0 Å². The van der Waals surface area contributed by atoms with Crippen molar-refractivity contribution in [3.8, 4) is 0 Å². The fraction of sp³-hybridized carbons (Fsp3) is 0.353. The molecule has 0 spiro atoms. The summed E-state index contributed by atoms with van der Waals surface area (Å²) in [5, 5.41) is 12.3. The van der Waals surface area contributed by atoms with Gasteiger partial charge < -0.3 is 10.4 Å². The molecule has 2 rings (SSSR count). The second-order valence-electron chi connectivity index (χ2n) is 6.01. The molecule has 0 unspecified atom stereocenters. The van der Waals surface area contributed by atoms with Gasteiger partial charge in [-0.1, -0.05) is 32.9 Å². The summed E-state index contributed by atoms with van der Waals surface area (Å²) < 4.78 is 0. The van der Waals surface area contributed by atoms with Crippen LogP contribution in [0.3, 0.4) is 0 Å². The fourth-order valence-corrected chi connectivity index (χ4v) is 1.97. The van der Waals surface area contributed by atoms with Crippen LogP contribution >= 0.6 is 0 Å². The normalized spacial score (nSPS) is 11.4. The van der Waals surface area contributed by atoms with Crippen LogP contribution in [-0.2, 0) is 11.8 Å². The third kappa shape index (κ3) is 3.81. The lowest BCUT2D eigenvalue weighted by molar-refractivity contribution is 0.299. The van der Waals surface area contributed by atoms with Gasteiger partial charge >= 0.3 is 0 Å². The highest BCUT2D eigenvalue weighted by atomic mass is 16.2. The smallest absolute Gasteiger partial charge is 0.0573 e. The van der Waals surface area contributed by atoms with Gasteiger partial charge in [0.2, 0.25) is 0 Å². The lowest BCUT2D eigenvalue weighted by Crippen LogP contribution is -2.11. The van der Waals surface area contributed by atoms with Gasteiger partial charge in [-0.15, -0.1) is 0 Å². The Hall–Kier alpha value is -1.87. The maximum Gasteiger partial charge on any atom is 0.0573 e. The highest BCUT2D eigenvalue weighted by Gasteiger charge is 2.14. The zero-order chi connectivity index (χ0) is 14.6. The SMILES string of the molecule is CC(C)(C)c1cncc(Nc2ccc(CCO)cc2)c1. The first kappa shape index (κ1) is 14.5. The van der Waals surface area contributed by atoms with E-state index in [0.717, 1.165) is 16.9 Å². The number of aliphatic hydroxyl groups is 1. The fourth-order valence-electron chi connectivity index (χ4n) is 1.97. The van der Waals surface area contributed by atoms with Crippen LogP contribution in [0.4, 0.5) is 11.4 Å². The monoisotopic (exact) mass is 270 g/mol. The van der Waals surface area contributed by atoms with Crippen molar-refractivity contribution in [3.63, 3.8) is 0 Å². The molecule has 1 heterocycles. The summed E-state index contributed by atoms with van der Waals surface area (Å²) in [5.74, 6) is 0. The molecular weight excluding hydrogens is 248 g/mol. The van der Waals surface area contributed by atoms with Gasteiger partial charge in [0.25, 0.3) is 0 Å². The van der Waals surface area contributed by atoms with Gasteiger partial charge in [-0.25, -0.2) is 0 Å². The van der Waals surface area contributed by atoms with E-state index in [4.69, 9.17) is 5.11 Å². The third-order valence-corrected chi connectivity index (χ3v) is 3.25. The third-order valence-electron chi connectivity index (χ3n) is 3.25. The Bertz CT molecular complexity index is 556. The minimum atomic E-state index is 0.0929. The first-order valence-corrected chi connectivity index (χ1v) is 6.91. The van der Waals surface area contributed by atoms with Crippen molar-refractivity contribution in [3.05, 3.63) is 53.9 Å². The number of aliphatic hydroxyl groups excluding tert-OH is 1. The lowest BCUT2D eigenvalue weighted by atomic mass is 9.88. The van der Waals surface area contributed by atoms with Gasteiger partial charge in [-0.2, -0.15) is 0 Å². The van der Waals surface area contributed by atoms with Crippen molar-refractivity contribution < 1.29 is 5.11 Å². The molecule has 3 nitrogen and oxygen atoms in total. The summed E-state index contributed by atoms with van der Waals surface area (Å²) in [6, 6.07) is 10.2. The van der Waals surface area contributed by atoms with Crippen molar-refractivity contribution >= 4 is 11.4 Å². The molecule has 1 aromatic carbocycles. The summed E-state index contributed by atoms with van der Waals surface area (Å²) in [6.07, 6.45) is 4.44. The average Bonchev–Trinajstić information content (AvgIpc) is 2.41. The van der Waals surface area contributed by atoms with Crippen molar-refractivity contribution in [2.75, 3.05) is 11.9 Å². The maximum atomic E-state index is 8.91. The molecule has 0 aliphatic heterocycles. The largest absolute Gasteiger partial charge is 0.396 e. The average molecular weight is 270 g/mol. The Balaban J connectivity index is 2.13. The van der Waals surface area contributed by atoms with E-state index < -0.39 is 0 Å². The molecule has 20 heavy (non-hydrogen) atoms. The topological polar surface area (TPSA) is 45.2 Å². The number of benzene rings is 1. The summed E-state index contributed by atoms with van der Waals surface area (Å²) in [5.41, 5.74) is 4.46. The van der Waals surface area contributed by atoms with Crippen LogP contribution in [0.1, 0.15) is 31.9 Å². The van der Waals surface area contributed by atoms with E-state index in [1.54, 1.807) is 0 Å². The number of hydrogen-bond donors (Lipinski definition) is 2. The molecule has 1 aromatic heterocycles. The number of pyridine rings is 1. The number of anilines is 2. The Morgan fingerprint density at radius 3 is 2.35 bits per heavy atom. The van der Waals surface area contributed by atoms with Gasteiger partial charge in [-0.05, 0) is 41.2 Å². The lowest BCUT2D eigenvalue weighted by Gasteiger charge is -2.19. The van der Waals surface area contributed by atoms with Crippen LogP contribution in [0.15, 0.2) is 42.7 Å².